The van der Waals surface area contributed by atoms with Gasteiger partial charge in [-0.05, 0) is 80.4 Å². The van der Waals surface area contributed by atoms with Gasteiger partial charge in [0.25, 0.3) is 0 Å². The third kappa shape index (κ3) is 2.49. The van der Waals surface area contributed by atoms with Crippen LogP contribution in [0.1, 0.15) is 37.7 Å². The first-order chi connectivity index (χ1) is 10.6. The number of urea groups is 1. The Labute approximate surface area is 130 Å². The normalized spacial score (nSPS) is 35.5. The number of carbonyl (C=O) groups is 1. The lowest BCUT2D eigenvalue weighted by Crippen LogP contribution is -2.56. The molecule has 2 N–H and O–H groups in total. The molecule has 4 saturated carbocycles. The van der Waals surface area contributed by atoms with Gasteiger partial charge >= 0.3 is 6.03 Å². The molecular formula is C18H23FN2O. The van der Waals surface area contributed by atoms with Crippen LogP contribution in [0.15, 0.2) is 18.2 Å². The van der Waals surface area contributed by atoms with Crippen LogP contribution in [0.2, 0.25) is 0 Å². The van der Waals surface area contributed by atoms with E-state index >= 15 is 0 Å². The van der Waals surface area contributed by atoms with Gasteiger partial charge in [-0.1, -0.05) is 6.07 Å². The summed E-state index contributed by atoms with van der Waals surface area (Å²) in [7, 11) is 0. The van der Waals surface area contributed by atoms with Gasteiger partial charge in [-0.2, -0.15) is 0 Å². The van der Waals surface area contributed by atoms with E-state index in [1.54, 1.807) is 6.07 Å². The molecule has 0 spiro atoms. The van der Waals surface area contributed by atoms with E-state index in [1.807, 2.05) is 6.92 Å². The van der Waals surface area contributed by atoms with Gasteiger partial charge in [0, 0.05) is 11.7 Å². The second-order valence-corrected chi connectivity index (χ2v) is 7.51. The molecule has 22 heavy (non-hydrogen) atoms. The molecule has 4 aliphatic carbocycles. The zero-order chi connectivity index (χ0) is 15.3. The number of benzene rings is 1. The lowest BCUT2D eigenvalue weighted by atomic mass is 9.54. The minimum absolute atomic E-state index is 0.189. The Bertz CT molecular complexity index is 573. The summed E-state index contributed by atoms with van der Waals surface area (Å²) >= 11 is 0. The first-order valence-corrected chi connectivity index (χ1v) is 8.42. The molecule has 0 saturated heterocycles. The highest BCUT2D eigenvalue weighted by Gasteiger charge is 2.48. The summed E-state index contributed by atoms with van der Waals surface area (Å²) in [5.74, 6) is 2.77. The van der Waals surface area contributed by atoms with Gasteiger partial charge in [-0.25, -0.2) is 9.18 Å². The summed E-state index contributed by atoms with van der Waals surface area (Å²) in [6, 6.07) is 4.60. The van der Waals surface area contributed by atoms with Crippen molar-refractivity contribution in [2.75, 3.05) is 5.32 Å². The molecule has 0 atom stereocenters. The van der Waals surface area contributed by atoms with Gasteiger partial charge in [0.15, 0.2) is 0 Å². The van der Waals surface area contributed by atoms with Crippen LogP contribution in [0.4, 0.5) is 14.9 Å². The van der Waals surface area contributed by atoms with Crippen LogP contribution in [-0.2, 0) is 0 Å². The average Bonchev–Trinajstić information content (AvgIpc) is 2.46. The van der Waals surface area contributed by atoms with Crippen molar-refractivity contribution in [3.05, 3.63) is 29.6 Å². The van der Waals surface area contributed by atoms with Crippen LogP contribution in [0.3, 0.4) is 0 Å². The second-order valence-electron chi connectivity index (χ2n) is 7.51. The van der Waals surface area contributed by atoms with Crippen molar-refractivity contribution < 1.29 is 9.18 Å². The van der Waals surface area contributed by atoms with Gasteiger partial charge in [-0.3, -0.25) is 0 Å². The van der Waals surface area contributed by atoms with E-state index in [1.165, 1.54) is 44.2 Å². The van der Waals surface area contributed by atoms with Crippen molar-refractivity contribution in [2.45, 2.75) is 45.1 Å². The van der Waals surface area contributed by atoms with Gasteiger partial charge < -0.3 is 10.6 Å². The van der Waals surface area contributed by atoms with Crippen LogP contribution >= 0.6 is 0 Å². The smallest absolute Gasteiger partial charge is 0.319 e. The first-order valence-electron chi connectivity index (χ1n) is 8.42. The van der Waals surface area contributed by atoms with Crippen LogP contribution in [0.5, 0.6) is 0 Å². The molecule has 4 heteroatoms. The minimum Gasteiger partial charge on any atom is -0.335 e. The van der Waals surface area contributed by atoms with E-state index in [2.05, 4.69) is 10.6 Å². The Morgan fingerprint density at radius 3 is 2.36 bits per heavy atom. The average molecular weight is 302 g/mol. The molecule has 118 valence electrons. The fourth-order valence-electron chi connectivity index (χ4n) is 5.20. The van der Waals surface area contributed by atoms with Crippen LogP contribution in [-0.4, -0.2) is 12.1 Å². The van der Waals surface area contributed by atoms with Crippen molar-refractivity contribution in [3.8, 4) is 0 Å². The van der Waals surface area contributed by atoms with E-state index < -0.39 is 0 Å². The zero-order valence-electron chi connectivity index (χ0n) is 12.9. The molecule has 0 aromatic heterocycles. The number of anilines is 1. The van der Waals surface area contributed by atoms with Gasteiger partial charge in [0.05, 0.1) is 0 Å². The third-order valence-electron chi connectivity index (χ3n) is 5.97. The lowest BCUT2D eigenvalue weighted by molar-refractivity contribution is -0.00883. The van der Waals surface area contributed by atoms with Crippen molar-refractivity contribution in [1.82, 2.24) is 5.32 Å². The highest BCUT2D eigenvalue weighted by Crippen LogP contribution is 2.53. The quantitative estimate of drug-likeness (QED) is 0.849. The summed E-state index contributed by atoms with van der Waals surface area (Å²) in [6.45, 7) is 1.87. The molecular weight excluding hydrogens is 279 g/mol. The fourth-order valence-corrected chi connectivity index (χ4v) is 5.20. The van der Waals surface area contributed by atoms with Crippen molar-refractivity contribution in [3.63, 3.8) is 0 Å². The predicted molar refractivity (Wildman–Crippen MR) is 84.1 cm³/mol. The molecule has 0 radical (unpaired) electrons. The Kier molecular flexibility index (Phi) is 3.35. The second kappa shape index (κ2) is 5.25. The van der Waals surface area contributed by atoms with Crippen molar-refractivity contribution >= 4 is 11.7 Å². The number of halogens is 1. The maximum absolute atomic E-state index is 13.3. The molecule has 4 bridgehead atoms. The Morgan fingerprint density at radius 2 is 1.73 bits per heavy atom. The number of amides is 2. The third-order valence-corrected chi connectivity index (χ3v) is 5.97. The number of carbonyl (C=O) groups excluding carboxylic acids is 1. The van der Waals surface area contributed by atoms with Crippen LogP contribution in [0, 0.1) is 36.4 Å². The van der Waals surface area contributed by atoms with E-state index in [-0.39, 0.29) is 11.8 Å². The number of hydrogen-bond donors (Lipinski definition) is 2. The van der Waals surface area contributed by atoms with Gasteiger partial charge in [-0.15, -0.1) is 0 Å². The summed E-state index contributed by atoms with van der Waals surface area (Å²) in [5.41, 5.74) is 1.43. The largest absolute Gasteiger partial charge is 0.335 e. The van der Waals surface area contributed by atoms with E-state index in [9.17, 15) is 9.18 Å². The van der Waals surface area contributed by atoms with Gasteiger partial charge in [0.2, 0.25) is 0 Å². The molecule has 1 aromatic carbocycles. The fraction of sp³-hybridized carbons (Fsp3) is 0.611. The van der Waals surface area contributed by atoms with E-state index in [0.717, 1.165) is 17.4 Å². The van der Waals surface area contributed by atoms with E-state index in [4.69, 9.17) is 0 Å². The lowest BCUT2D eigenvalue weighted by Gasteiger charge is -2.54. The van der Waals surface area contributed by atoms with Crippen LogP contribution < -0.4 is 10.6 Å². The summed E-state index contributed by atoms with van der Waals surface area (Å²) < 4.78 is 13.3. The Morgan fingerprint density at radius 1 is 1.09 bits per heavy atom. The first kappa shape index (κ1) is 14.0. The minimum atomic E-state index is -0.324. The zero-order valence-corrected chi connectivity index (χ0v) is 12.9. The Hall–Kier alpha value is -1.58. The summed E-state index contributed by atoms with van der Waals surface area (Å²) in [4.78, 5) is 12.3. The SMILES string of the molecule is Cc1ccc(F)cc1NC(=O)NC1C2CC3CC(C2)CC1C3. The number of rotatable bonds is 2. The van der Waals surface area contributed by atoms with Crippen molar-refractivity contribution in [1.29, 1.82) is 0 Å². The molecule has 4 aliphatic rings. The molecule has 0 heterocycles. The van der Waals surface area contributed by atoms with Crippen molar-refractivity contribution in [2.24, 2.45) is 23.7 Å². The summed E-state index contributed by atoms with van der Waals surface area (Å²) in [6.07, 6.45) is 6.51. The maximum atomic E-state index is 13.3. The van der Waals surface area contributed by atoms with Gasteiger partial charge in [0.1, 0.15) is 5.82 Å². The highest BCUT2D eigenvalue weighted by molar-refractivity contribution is 5.90. The van der Waals surface area contributed by atoms with E-state index in [0.29, 0.717) is 23.6 Å². The molecule has 0 unspecified atom stereocenters. The summed E-state index contributed by atoms with van der Waals surface area (Å²) in [5, 5.41) is 6.00. The number of aryl methyl sites for hydroxylation is 1. The monoisotopic (exact) mass is 302 g/mol. The molecule has 5 rings (SSSR count). The predicted octanol–water partition coefficient (Wildman–Crippen LogP) is 4.08. The topological polar surface area (TPSA) is 41.1 Å². The number of nitrogens with one attached hydrogen (secondary N) is 2. The molecule has 4 fully saturated rings. The Balaban J connectivity index is 1.43. The molecule has 1 aromatic rings. The number of hydrogen-bond acceptors (Lipinski definition) is 1. The molecule has 0 aliphatic heterocycles. The highest BCUT2D eigenvalue weighted by atomic mass is 19.1. The standard InChI is InChI=1S/C18H23FN2O/c1-10-2-3-15(19)9-16(10)20-18(22)21-17-13-5-11-4-12(7-13)8-14(17)6-11/h2-3,9,11-14,17H,4-8H2,1H3,(H2,20,21,22). The molecule has 3 nitrogen and oxygen atoms in total. The van der Waals surface area contributed by atoms with Crippen LogP contribution in [0.25, 0.3) is 0 Å². The maximum Gasteiger partial charge on any atom is 0.319 e. The molecule has 2 amide bonds.